The molecule has 0 saturated carbocycles. The molecule has 0 saturated heterocycles. The van der Waals surface area contributed by atoms with E-state index in [1.807, 2.05) is 10.2 Å². The topological polar surface area (TPSA) is 18.5 Å². The van der Waals surface area contributed by atoms with Gasteiger partial charge in [-0.1, -0.05) is 0 Å². The van der Waals surface area contributed by atoms with Gasteiger partial charge in [-0.3, -0.25) is 0 Å². The molecule has 0 aliphatic rings. The maximum atomic E-state index is 9.62. The first-order chi connectivity index (χ1) is 1.91. The third-order valence-corrected chi connectivity index (χ3v) is 0.0238. The summed E-state index contributed by atoms with van der Waals surface area (Å²) < 4.78 is 19.2. The molecule has 0 N–H and O–H groups in total. The number of halogens is 2. The van der Waals surface area contributed by atoms with Crippen LogP contribution in [0.25, 0.3) is 0 Å². The molecule has 0 fully saturated rings. The van der Waals surface area contributed by atoms with E-state index in [1.54, 1.807) is 0 Å². The summed E-state index contributed by atoms with van der Waals surface area (Å²) in [6, 6.07) is 0. The van der Waals surface area contributed by atoms with Gasteiger partial charge in [0.05, 0.1) is 0 Å². The first-order valence-electron chi connectivity index (χ1n) is 0.475. The number of rotatable bonds is 1. The molecule has 33 valence electrons. The molecule has 0 unspecified atom stereocenters. The standard InChI is InChI=1S/F2O2.Re/c1-3-4-2;. The van der Waals surface area contributed by atoms with Gasteiger partial charge < -0.3 is 0 Å². The maximum absolute atomic E-state index is 9.62. The molecule has 0 heterocycles. The molecule has 0 aliphatic heterocycles. The molecule has 5 heavy (non-hydrogen) atoms. The summed E-state index contributed by atoms with van der Waals surface area (Å²) in [7, 11) is 0. The van der Waals surface area contributed by atoms with E-state index in [1.165, 1.54) is 0 Å². The van der Waals surface area contributed by atoms with E-state index < -0.39 is 0 Å². The SMILES string of the molecule is FOOF.[Re]. The van der Waals surface area contributed by atoms with E-state index in [0.29, 0.717) is 0 Å². The predicted octanol–water partition coefficient (Wildman–Crippen LogP) is 0.701. The van der Waals surface area contributed by atoms with Crippen molar-refractivity contribution in [3.8, 4) is 0 Å². The minimum absolute atomic E-state index is 0. The molecule has 0 amide bonds. The third kappa shape index (κ3) is 12.7. The molecule has 0 spiro atoms. The Bertz CT molecular complexity index is 9.61. The fourth-order valence-corrected chi connectivity index (χ4v) is 0. The largest absolute Gasteiger partial charge is 0.0122 e. The first kappa shape index (κ1) is 9.06. The molecule has 0 aromatic rings. The summed E-state index contributed by atoms with van der Waals surface area (Å²) in [6.45, 7) is 0. The van der Waals surface area contributed by atoms with E-state index in [9.17, 15) is 9.05 Å². The average Bonchev–Trinajstić information content (AvgIpc) is 1.37. The zero-order valence-corrected chi connectivity index (χ0v) is 4.67. The number of hydrogen-bond donors (Lipinski definition) is 0. The van der Waals surface area contributed by atoms with Gasteiger partial charge in [-0.25, -0.2) is 0 Å². The minimum atomic E-state index is 0. The van der Waals surface area contributed by atoms with Gasteiger partial charge in [0, 0.05) is 30.6 Å². The van der Waals surface area contributed by atoms with Crippen molar-refractivity contribution in [2.45, 2.75) is 0 Å². The fraction of sp³-hybridized carbons (Fsp3) is 0. The van der Waals surface area contributed by atoms with E-state index in [2.05, 4.69) is 0 Å². The molecule has 0 bridgehead atoms. The number of hydrogen-bond acceptors (Lipinski definition) is 2. The summed E-state index contributed by atoms with van der Waals surface area (Å²) in [5, 5.41) is 3.75. The van der Waals surface area contributed by atoms with Gasteiger partial charge in [-0.05, 0) is 9.05 Å². The van der Waals surface area contributed by atoms with Crippen LogP contribution in [0, 0.1) is 0 Å². The molecule has 5 heteroatoms. The molecule has 2 nitrogen and oxygen atoms in total. The van der Waals surface area contributed by atoms with Crippen LogP contribution in [-0.4, -0.2) is 0 Å². The molecule has 0 aromatic carbocycles. The second-order valence-corrected chi connectivity index (χ2v) is 0.126. The summed E-state index contributed by atoms with van der Waals surface area (Å²) in [5.74, 6) is 0. The van der Waals surface area contributed by atoms with Crippen LogP contribution in [0.3, 0.4) is 0 Å². The van der Waals surface area contributed by atoms with Crippen molar-refractivity contribution in [1.82, 2.24) is 0 Å². The van der Waals surface area contributed by atoms with Crippen LogP contribution in [0.15, 0.2) is 0 Å². The second-order valence-electron chi connectivity index (χ2n) is 0.126. The Morgan fingerprint density at radius 3 is 1.20 bits per heavy atom. The first-order valence-corrected chi connectivity index (χ1v) is 0.475. The summed E-state index contributed by atoms with van der Waals surface area (Å²) in [5.41, 5.74) is 0. The molecule has 0 aromatic heterocycles. The van der Waals surface area contributed by atoms with E-state index in [0.717, 1.165) is 0 Å². The Morgan fingerprint density at radius 1 is 1.00 bits per heavy atom. The smallest absolute Gasteiger partial charge is 0.0122 e. The Kier molecular flexibility index (Phi) is 16.0. The molecule has 0 rings (SSSR count). The van der Waals surface area contributed by atoms with Gasteiger partial charge in [-0.15, -0.1) is 0 Å². The van der Waals surface area contributed by atoms with Gasteiger partial charge in [0.2, 0.25) is 0 Å². The van der Waals surface area contributed by atoms with Crippen molar-refractivity contribution in [1.29, 1.82) is 0 Å². The quantitative estimate of drug-likeness (QED) is 0.508. The second kappa shape index (κ2) is 8.82. The van der Waals surface area contributed by atoms with Crippen LogP contribution in [0.1, 0.15) is 0 Å². The van der Waals surface area contributed by atoms with Crippen LogP contribution in [-0.2, 0) is 30.6 Å². The van der Waals surface area contributed by atoms with E-state index in [-0.39, 0.29) is 20.4 Å². The zero-order chi connectivity index (χ0) is 3.41. The average molecular weight is 256 g/mol. The van der Waals surface area contributed by atoms with Crippen LogP contribution >= 0.6 is 0 Å². The van der Waals surface area contributed by atoms with Gasteiger partial charge in [0.1, 0.15) is 0 Å². The molecular formula is F2O2Re. The van der Waals surface area contributed by atoms with Crippen LogP contribution in [0.5, 0.6) is 0 Å². The van der Waals surface area contributed by atoms with E-state index in [4.69, 9.17) is 0 Å². The van der Waals surface area contributed by atoms with Crippen molar-refractivity contribution < 1.29 is 39.7 Å². The minimum Gasteiger partial charge on any atom is -0.0122 e. The predicted molar refractivity (Wildman–Crippen MR) is 4.39 cm³/mol. The van der Waals surface area contributed by atoms with Crippen molar-refractivity contribution >= 4 is 0 Å². The third-order valence-electron chi connectivity index (χ3n) is 0.0238. The van der Waals surface area contributed by atoms with Crippen LogP contribution < -0.4 is 0 Å². The van der Waals surface area contributed by atoms with Crippen molar-refractivity contribution in [3.63, 3.8) is 0 Å². The Balaban J connectivity index is 0. The van der Waals surface area contributed by atoms with Gasteiger partial charge in [-0.2, -0.15) is 0 Å². The van der Waals surface area contributed by atoms with Crippen LogP contribution in [0.2, 0.25) is 0 Å². The van der Waals surface area contributed by atoms with Crippen molar-refractivity contribution in [2.75, 3.05) is 0 Å². The Hall–Kier alpha value is 0.442. The van der Waals surface area contributed by atoms with Gasteiger partial charge >= 0.3 is 0 Å². The summed E-state index contributed by atoms with van der Waals surface area (Å²) in [4.78, 5) is 0. The molecule has 0 atom stereocenters. The van der Waals surface area contributed by atoms with Crippen molar-refractivity contribution in [2.24, 2.45) is 0 Å². The fourth-order valence-electron chi connectivity index (χ4n) is 0. The maximum Gasteiger partial charge on any atom is 0.0122 e. The van der Waals surface area contributed by atoms with Crippen LogP contribution in [0.4, 0.5) is 9.05 Å². The monoisotopic (exact) mass is 257 g/mol. The van der Waals surface area contributed by atoms with Gasteiger partial charge in [0.25, 0.3) is 0 Å². The zero-order valence-electron chi connectivity index (χ0n) is 1.95. The molecular weight excluding hydrogens is 256 g/mol. The Labute approximate surface area is 40.4 Å². The summed E-state index contributed by atoms with van der Waals surface area (Å²) >= 11 is 0. The molecule has 0 aliphatic carbocycles. The van der Waals surface area contributed by atoms with Crippen molar-refractivity contribution in [3.05, 3.63) is 0 Å². The van der Waals surface area contributed by atoms with Gasteiger partial charge in [0.15, 0.2) is 0 Å². The van der Waals surface area contributed by atoms with E-state index >= 15 is 0 Å². The Morgan fingerprint density at radius 2 is 1.20 bits per heavy atom. The molecule has 1 radical (unpaired) electrons. The normalized spacial score (nSPS) is 6.00. The summed E-state index contributed by atoms with van der Waals surface area (Å²) in [6.07, 6.45) is 0.